The molecule has 1 aromatic rings. The van der Waals surface area contributed by atoms with Crippen molar-refractivity contribution in [2.45, 2.75) is 31.9 Å². The van der Waals surface area contributed by atoms with Crippen molar-refractivity contribution in [3.63, 3.8) is 0 Å². The third kappa shape index (κ3) is 3.54. The molecule has 21 heavy (non-hydrogen) atoms. The predicted molar refractivity (Wildman–Crippen MR) is 70.3 cm³/mol. The maximum absolute atomic E-state index is 13.9. The standard InChI is InChI=1S/C15H17F4NO/c1-20(9-10-5-2-3-6-10)14(21)11-7-4-8-12(13(11)16)15(17,18)19/h4,7-8,10H,2-3,5-6,9H2,1H3. The van der Waals surface area contributed by atoms with Crippen LogP contribution in [-0.4, -0.2) is 24.4 Å². The second-order valence-corrected chi connectivity index (χ2v) is 5.50. The van der Waals surface area contributed by atoms with E-state index in [4.69, 9.17) is 0 Å². The Labute approximate surface area is 120 Å². The van der Waals surface area contributed by atoms with Crippen molar-refractivity contribution in [2.24, 2.45) is 5.92 Å². The van der Waals surface area contributed by atoms with Gasteiger partial charge in [0.05, 0.1) is 11.1 Å². The molecule has 6 heteroatoms. The van der Waals surface area contributed by atoms with E-state index in [1.807, 2.05) is 0 Å². The molecule has 0 bridgehead atoms. The minimum atomic E-state index is -4.80. The number of alkyl halides is 3. The predicted octanol–water partition coefficient (Wildman–Crippen LogP) is 4.11. The lowest BCUT2D eigenvalue weighted by atomic mass is 10.1. The summed E-state index contributed by atoms with van der Waals surface area (Å²) < 4.78 is 51.9. The van der Waals surface area contributed by atoms with Gasteiger partial charge in [0.15, 0.2) is 0 Å². The van der Waals surface area contributed by atoms with Crippen LogP contribution < -0.4 is 0 Å². The van der Waals surface area contributed by atoms with E-state index in [0.717, 1.165) is 37.8 Å². The summed E-state index contributed by atoms with van der Waals surface area (Å²) in [7, 11) is 1.50. The van der Waals surface area contributed by atoms with Crippen molar-refractivity contribution in [3.05, 3.63) is 35.1 Å². The molecule has 0 aliphatic heterocycles. The molecule has 0 atom stereocenters. The number of halogens is 4. The van der Waals surface area contributed by atoms with E-state index < -0.39 is 29.0 Å². The lowest BCUT2D eigenvalue weighted by molar-refractivity contribution is -0.140. The van der Waals surface area contributed by atoms with E-state index in [1.54, 1.807) is 0 Å². The number of amides is 1. The van der Waals surface area contributed by atoms with Crippen molar-refractivity contribution >= 4 is 5.91 Å². The normalized spacial score (nSPS) is 16.2. The van der Waals surface area contributed by atoms with Crippen LogP contribution in [0, 0.1) is 11.7 Å². The summed E-state index contributed by atoms with van der Waals surface area (Å²) in [5.74, 6) is -1.84. The largest absolute Gasteiger partial charge is 0.419 e. The highest BCUT2D eigenvalue weighted by Crippen LogP contribution is 2.33. The minimum absolute atomic E-state index is 0.354. The second kappa shape index (κ2) is 6.03. The highest BCUT2D eigenvalue weighted by atomic mass is 19.4. The van der Waals surface area contributed by atoms with Crippen LogP contribution in [0.3, 0.4) is 0 Å². The Hall–Kier alpha value is -1.59. The molecule has 1 saturated carbocycles. The molecule has 1 fully saturated rings. The molecule has 1 aliphatic rings. The molecule has 1 aliphatic carbocycles. The maximum atomic E-state index is 13.9. The maximum Gasteiger partial charge on any atom is 0.419 e. The van der Waals surface area contributed by atoms with E-state index >= 15 is 0 Å². The van der Waals surface area contributed by atoms with Gasteiger partial charge in [-0.3, -0.25) is 4.79 Å². The van der Waals surface area contributed by atoms with Gasteiger partial charge in [-0.15, -0.1) is 0 Å². The van der Waals surface area contributed by atoms with Gasteiger partial charge in [-0.25, -0.2) is 4.39 Å². The lowest BCUT2D eigenvalue weighted by Gasteiger charge is -2.22. The van der Waals surface area contributed by atoms with E-state index in [9.17, 15) is 22.4 Å². The number of rotatable bonds is 3. The minimum Gasteiger partial charge on any atom is -0.341 e. The third-order valence-corrected chi connectivity index (χ3v) is 3.89. The van der Waals surface area contributed by atoms with Crippen molar-refractivity contribution in [2.75, 3.05) is 13.6 Å². The van der Waals surface area contributed by atoms with Gasteiger partial charge in [-0.1, -0.05) is 18.9 Å². The van der Waals surface area contributed by atoms with E-state index in [0.29, 0.717) is 18.5 Å². The molecule has 0 spiro atoms. The van der Waals surface area contributed by atoms with E-state index in [1.165, 1.54) is 11.9 Å². The first kappa shape index (κ1) is 15.8. The van der Waals surface area contributed by atoms with Crippen molar-refractivity contribution in [1.29, 1.82) is 0 Å². The first-order valence-electron chi connectivity index (χ1n) is 6.92. The summed E-state index contributed by atoms with van der Waals surface area (Å²) in [4.78, 5) is 13.5. The second-order valence-electron chi connectivity index (χ2n) is 5.50. The van der Waals surface area contributed by atoms with Crippen molar-refractivity contribution < 1.29 is 22.4 Å². The van der Waals surface area contributed by atoms with Crippen LogP contribution in [-0.2, 0) is 6.18 Å². The van der Waals surface area contributed by atoms with Crippen molar-refractivity contribution in [1.82, 2.24) is 4.90 Å². The van der Waals surface area contributed by atoms with Crippen LogP contribution in [0.4, 0.5) is 17.6 Å². The van der Waals surface area contributed by atoms with Gasteiger partial charge < -0.3 is 4.90 Å². The SMILES string of the molecule is CN(CC1CCCC1)C(=O)c1cccc(C(F)(F)F)c1F. The smallest absolute Gasteiger partial charge is 0.341 e. The Morgan fingerprint density at radius 1 is 1.29 bits per heavy atom. The van der Waals surface area contributed by atoms with Gasteiger partial charge in [-0.2, -0.15) is 13.2 Å². The Bertz CT molecular complexity index is 521. The fraction of sp³-hybridized carbons (Fsp3) is 0.533. The highest BCUT2D eigenvalue weighted by Gasteiger charge is 2.36. The van der Waals surface area contributed by atoms with Gasteiger partial charge in [0.25, 0.3) is 5.91 Å². The number of carbonyl (C=O) groups is 1. The number of hydrogen-bond acceptors (Lipinski definition) is 1. The van der Waals surface area contributed by atoms with Crippen LogP contribution in [0.25, 0.3) is 0 Å². The van der Waals surface area contributed by atoms with Gasteiger partial charge >= 0.3 is 6.18 Å². The summed E-state index contributed by atoms with van der Waals surface area (Å²) in [6.07, 6.45) is -0.592. The summed E-state index contributed by atoms with van der Waals surface area (Å²) in [6, 6.07) is 2.80. The number of benzene rings is 1. The van der Waals surface area contributed by atoms with Gasteiger partial charge in [0.1, 0.15) is 5.82 Å². The molecule has 0 saturated heterocycles. The average molecular weight is 303 g/mol. The Morgan fingerprint density at radius 3 is 2.48 bits per heavy atom. The molecule has 1 amide bonds. The van der Waals surface area contributed by atoms with Gasteiger partial charge in [-0.05, 0) is 30.9 Å². The number of nitrogens with zero attached hydrogens (tertiary/aromatic N) is 1. The number of carbonyl (C=O) groups excluding carboxylic acids is 1. The number of hydrogen-bond donors (Lipinski definition) is 0. The zero-order valence-electron chi connectivity index (χ0n) is 11.7. The molecule has 0 heterocycles. The summed E-state index contributed by atoms with van der Waals surface area (Å²) in [5.41, 5.74) is -1.92. The van der Waals surface area contributed by atoms with Crippen LogP contribution in [0.5, 0.6) is 0 Å². The third-order valence-electron chi connectivity index (χ3n) is 3.89. The Kier molecular flexibility index (Phi) is 4.54. The fourth-order valence-electron chi connectivity index (χ4n) is 2.78. The Morgan fingerprint density at radius 2 is 1.90 bits per heavy atom. The first-order chi connectivity index (χ1) is 9.80. The quantitative estimate of drug-likeness (QED) is 0.770. The topological polar surface area (TPSA) is 20.3 Å². The van der Waals surface area contributed by atoms with Crippen LogP contribution >= 0.6 is 0 Å². The molecule has 116 valence electrons. The summed E-state index contributed by atoms with van der Waals surface area (Å²) in [6.45, 7) is 0.453. The van der Waals surface area contributed by atoms with Crippen LogP contribution in [0.2, 0.25) is 0 Å². The van der Waals surface area contributed by atoms with Gasteiger partial charge in [0, 0.05) is 13.6 Å². The Balaban J connectivity index is 2.18. The highest BCUT2D eigenvalue weighted by molar-refractivity contribution is 5.94. The van der Waals surface area contributed by atoms with Crippen LogP contribution in [0.15, 0.2) is 18.2 Å². The summed E-state index contributed by atoms with van der Waals surface area (Å²) in [5, 5.41) is 0. The lowest BCUT2D eigenvalue weighted by Crippen LogP contribution is -2.32. The molecule has 0 unspecified atom stereocenters. The van der Waals surface area contributed by atoms with Crippen LogP contribution in [0.1, 0.15) is 41.6 Å². The fourth-order valence-corrected chi connectivity index (χ4v) is 2.78. The molecular formula is C15H17F4NO. The average Bonchev–Trinajstić information content (AvgIpc) is 2.89. The zero-order valence-corrected chi connectivity index (χ0v) is 11.7. The molecule has 1 aromatic carbocycles. The first-order valence-corrected chi connectivity index (χ1v) is 6.92. The van der Waals surface area contributed by atoms with E-state index in [-0.39, 0.29) is 0 Å². The van der Waals surface area contributed by atoms with Crippen molar-refractivity contribution in [3.8, 4) is 0 Å². The van der Waals surface area contributed by atoms with Gasteiger partial charge in [0.2, 0.25) is 0 Å². The zero-order chi connectivity index (χ0) is 15.6. The monoisotopic (exact) mass is 303 g/mol. The molecular weight excluding hydrogens is 286 g/mol. The summed E-state index contributed by atoms with van der Waals surface area (Å²) >= 11 is 0. The molecule has 0 N–H and O–H groups in total. The van der Waals surface area contributed by atoms with E-state index in [2.05, 4.69) is 0 Å². The molecule has 0 radical (unpaired) electrons. The molecule has 2 nitrogen and oxygen atoms in total. The molecule has 0 aromatic heterocycles. The molecule has 2 rings (SSSR count).